The van der Waals surface area contributed by atoms with Crippen molar-refractivity contribution in [1.29, 1.82) is 0 Å². The van der Waals surface area contributed by atoms with Crippen LogP contribution in [0.5, 0.6) is 5.75 Å². The Balaban J connectivity index is 1.72. The molecule has 3 aromatic rings. The van der Waals surface area contributed by atoms with Gasteiger partial charge in [-0.25, -0.2) is 9.67 Å². The van der Waals surface area contributed by atoms with Crippen molar-refractivity contribution in [2.75, 3.05) is 5.32 Å². The van der Waals surface area contributed by atoms with Crippen LogP contribution in [0.1, 0.15) is 54.4 Å². The van der Waals surface area contributed by atoms with E-state index in [9.17, 15) is 14.7 Å². The molecule has 11 heteroatoms. The van der Waals surface area contributed by atoms with E-state index in [4.69, 9.17) is 33.7 Å². The van der Waals surface area contributed by atoms with Crippen molar-refractivity contribution in [3.05, 3.63) is 69.2 Å². The molecule has 2 heterocycles. The zero-order chi connectivity index (χ0) is 26.2. The lowest BCUT2D eigenvalue weighted by Gasteiger charge is -2.22. The summed E-state index contributed by atoms with van der Waals surface area (Å²) in [6, 6.07) is 9.13. The van der Waals surface area contributed by atoms with E-state index < -0.39 is 29.6 Å². The molecule has 36 heavy (non-hydrogen) atoms. The molecule has 0 spiro atoms. The molecule has 0 unspecified atom stereocenters. The number of nitrogens with zero attached hydrogens (tertiary/aromatic N) is 3. The Hall–Kier alpha value is -3.58. The first kappa shape index (κ1) is 25.5. The largest absolute Gasteiger partial charge is 0.486 e. The van der Waals surface area contributed by atoms with E-state index in [1.54, 1.807) is 57.2 Å². The fourth-order valence-electron chi connectivity index (χ4n) is 3.69. The van der Waals surface area contributed by atoms with Crippen LogP contribution in [0, 0.1) is 11.8 Å². The van der Waals surface area contributed by atoms with E-state index in [0.29, 0.717) is 32.6 Å². The first-order chi connectivity index (χ1) is 16.9. The highest BCUT2D eigenvalue weighted by molar-refractivity contribution is 6.36. The first-order valence-corrected chi connectivity index (χ1v) is 11.7. The third-order valence-electron chi connectivity index (χ3n) is 5.36. The Kier molecular flexibility index (Phi) is 6.96. The second-order valence-corrected chi connectivity index (χ2v) is 9.63. The fraction of sp³-hybridized carbons (Fsp3) is 0.280. The fourth-order valence-corrected chi connectivity index (χ4v) is 4.22. The molecular weight excluding hydrogens is 505 g/mol. The Morgan fingerprint density at radius 1 is 1.28 bits per heavy atom. The van der Waals surface area contributed by atoms with Crippen molar-refractivity contribution in [2.24, 2.45) is 5.73 Å². The Bertz CT molecular complexity index is 1400. The van der Waals surface area contributed by atoms with Gasteiger partial charge in [-0.3, -0.25) is 9.59 Å². The molecular formula is C25H23Cl2N5O4. The van der Waals surface area contributed by atoms with Crippen molar-refractivity contribution in [2.45, 2.75) is 44.9 Å². The third-order valence-corrected chi connectivity index (χ3v) is 6.07. The molecule has 9 nitrogen and oxygen atoms in total. The number of nitrogens with two attached hydrogens (primary N) is 1. The topological polar surface area (TPSA) is 132 Å². The molecule has 0 saturated heterocycles. The summed E-state index contributed by atoms with van der Waals surface area (Å²) in [5.41, 5.74) is 5.81. The van der Waals surface area contributed by atoms with Crippen LogP contribution >= 0.6 is 23.2 Å². The maximum atomic E-state index is 13.4. The number of anilines is 1. The minimum absolute atomic E-state index is 0.0961. The second-order valence-electron chi connectivity index (χ2n) is 8.81. The summed E-state index contributed by atoms with van der Waals surface area (Å²) in [6.45, 7) is 4.86. The normalized spacial score (nSPS) is 17.2. The summed E-state index contributed by atoms with van der Waals surface area (Å²) in [5.74, 6) is 4.76. The van der Waals surface area contributed by atoms with E-state index in [0.717, 1.165) is 0 Å². The van der Waals surface area contributed by atoms with Crippen LogP contribution in [0.2, 0.25) is 10.0 Å². The van der Waals surface area contributed by atoms with Crippen molar-refractivity contribution in [1.82, 2.24) is 14.8 Å². The average molecular weight is 528 g/mol. The monoisotopic (exact) mass is 527 g/mol. The Labute approximate surface area is 217 Å². The van der Waals surface area contributed by atoms with Crippen molar-refractivity contribution < 1.29 is 19.4 Å². The standard InChI is InChI=1S/C25H23Cl2N5O4/c1-13-21(24(34)29-18-11-14(7-8-19(18)36-13)9-10-25(2,3)35)32-20(30-23(31-32)22(28)33)12-15-16(26)5-4-6-17(15)27/h4-8,11,13,21,35H,12H2,1-3H3,(H2,28,33)(H,29,34)/t13-,21-/m0/s1. The van der Waals surface area contributed by atoms with Crippen LogP contribution in [-0.2, 0) is 11.2 Å². The summed E-state index contributed by atoms with van der Waals surface area (Å²) >= 11 is 12.7. The van der Waals surface area contributed by atoms with Crippen LogP contribution in [0.4, 0.5) is 5.69 Å². The number of rotatable bonds is 4. The first-order valence-electron chi connectivity index (χ1n) is 11.0. The van der Waals surface area contributed by atoms with Crippen LogP contribution in [0.15, 0.2) is 36.4 Å². The van der Waals surface area contributed by atoms with Gasteiger partial charge >= 0.3 is 0 Å². The molecule has 0 radical (unpaired) electrons. The molecule has 2 atom stereocenters. The molecule has 1 aliphatic heterocycles. The number of hydrogen-bond acceptors (Lipinski definition) is 6. The van der Waals surface area contributed by atoms with Gasteiger partial charge in [0, 0.05) is 22.0 Å². The van der Waals surface area contributed by atoms with E-state index in [2.05, 4.69) is 27.2 Å². The van der Waals surface area contributed by atoms with E-state index >= 15 is 0 Å². The lowest BCUT2D eigenvalue weighted by atomic mass is 10.1. The minimum Gasteiger partial charge on any atom is -0.486 e. The van der Waals surface area contributed by atoms with Crippen LogP contribution in [0.3, 0.4) is 0 Å². The second kappa shape index (κ2) is 9.82. The molecule has 2 aromatic carbocycles. The zero-order valence-electron chi connectivity index (χ0n) is 19.7. The third kappa shape index (κ3) is 5.46. The van der Waals surface area contributed by atoms with Gasteiger partial charge in [-0.15, -0.1) is 5.10 Å². The van der Waals surface area contributed by atoms with Crippen molar-refractivity contribution in [3.8, 4) is 17.6 Å². The number of benzene rings is 2. The molecule has 0 saturated carbocycles. The van der Waals surface area contributed by atoms with Gasteiger partial charge < -0.3 is 20.9 Å². The summed E-state index contributed by atoms with van der Waals surface area (Å²) in [6.07, 6.45) is -0.610. The number of nitrogens with one attached hydrogen (secondary N) is 1. The maximum absolute atomic E-state index is 13.4. The maximum Gasteiger partial charge on any atom is 0.288 e. The average Bonchev–Trinajstić information content (AvgIpc) is 3.14. The molecule has 1 aromatic heterocycles. The number of carbonyl (C=O) groups is 2. The zero-order valence-corrected chi connectivity index (χ0v) is 21.2. The van der Waals surface area contributed by atoms with Gasteiger partial charge in [0.2, 0.25) is 5.82 Å². The highest BCUT2D eigenvalue weighted by Crippen LogP contribution is 2.34. The van der Waals surface area contributed by atoms with Crippen LogP contribution in [0.25, 0.3) is 0 Å². The number of carbonyl (C=O) groups excluding carboxylic acids is 2. The molecule has 4 N–H and O–H groups in total. The molecule has 186 valence electrons. The van der Waals surface area contributed by atoms with Gasteiger partial charge in [-0.1, -0.05) is 41.1 Å². The van der Waals surface area contributed by atoms with Gasteiger partial charge in [0.1, 0.15) is 23.3 Å². The van der Waals surface area contributed by atoms with Gasteiger partial charge in [-0.05, 0) is 56.7 Å². The quantitative estimate of drug-likeness (QED) is 0.445. The van der Waals surface area contributed by atoms with Gasteiger partial charge in [0.05, 0.1) is 5.69 Å². The van der Waals surface area contributed by atoms with Crippen LogP contribution in [-0.4, -0.2) is 43.4 Å². The van der Waals surface area contributed by atoms with Crippen molar-refractivity contribution >= 4 is 40.7 Å². The van der Waals surface area contributed by atoms with Crippen LogP contribution < -0.4 is 15.8 Å². The minimum atomic E-state index is -1.17. The van der Waals surface area contributed by atoms with Gasteiger partial charge in [0.25, 0.3) is 11.8 Å². The predicted molar refractivity (Wildman–Crippen MR) is 135 cm³/mol. The van der Waals surface area contributed by atoms with Crippen molar-refractivity contribution in [3.63, 3.8) is 0 Å². The SMILES string of the molecule is C[C@@H]1Oc2ccc(C#CC(C)(C)O)cc2NC(=O)[C@H]1n1nc(C(N)=O)nc1Cc1c(Cl)cccc1Cl. The number of aliphatic hydroxyl groups is 1. The molecule has 1 aliphatic rings. The number of primary amides is 1. The summed E-state index contributed by atoms with van der Waals surface area (Å²) in [5, 5.41) is 17.7. The highest BCUT2D eigenvalue weighted by atomic mass is 35.5. The lowest BCUT2D eigenvalue weighted by molar-refractivity contribution is -0.121. The molecule has 0 aliphatic carbocycles. The number of aromatic nitrogens is 3. The number of amides is 2. The van der Waals surface area contributed by atoms with E-state index in [-0.39, 0.29) is 18.1 Å². The molecule has 0 fully saturated rings. The molecule has 0 bridgehead atoms. The molecule has 4 rings (SSSR count). The van der Waals surface area contributed by atoms with Gasteiger partial charge in [0.15, 0.2) is 6.04 Å². The number of ether oxygens (including phenoxy) is 1. The van der Waals surface area contributed by atoms with E-state index in [1.807, 2.05) is 0 Å². The Morgan fingerprint density at radius 2 is 1.97 bits per heavy atom. The number of hydrogen-bond donors (Lipinski definition) is 3. The lowest BCUT2D eigenvalue weighted by Crippen LogP contribution is -2.36. The summed E-state index contributed by atoms with van der Waals surface area (Å²) in [4.78, 5) is 29.5. The predicted octanol–water partition coefficient (Wildman–Crippen LogP) is 3.36. The summed E-state index contributed by atoms with van der Waals surface area (Å²) in [7, 11) is 0. The number of fused-ring (bicyclic) bond motifs is 1. The highest BCUT2D eigenvalue weighted by Gasteiger charge is 2.36. The summed E-state index contributed by atoms with van der Waals surface area (Å²) < 4.78 is 7.40. The van der Waals surface area contributed by atoms with E-state index in [1.165, 1.54) is 4.68 Å². The molecule has 2 amide bonds. The number of halogens is 2. The Morgan fingerprint density at radius 3 is 2.61 bits per heavy atom. The smallest absolute Gasteiger partial charge is 0.288 e. The van der Waals surface area contributed by atoms with Gasteiger partial charge in [-0.2, -0.15) is 0 Å².